The second-order valence-corrected chi connectivity index (χ2v) is 8.01. The first-order valence-electron chi connectivity index (χ1n) is 6.80. The van der Waals surface area contributed by atoms with E-state index in [-0.39, 0.29) is 30.3 Å². The maximum atomic E-state index is 12.0. The molecular formula is C14H16ClN3O3S2. The van der Waals surface area contributed by atoms with E-state index in [0.29, 0.717) is 10.7 Å². The van der Waals surface area contributed by atoms with Gasteiger partial charge in [0.2, 0.25) is 15.9 Å². The van der Waals surface area contributed by atoms with Crippen molar-refractivity contribution in [3.8, 4) is 0 Å². The fourth-order valence-corrected chi connectivity index (χ4v) is 3.77. The highest BCUT2D eigenvalue weighted by atomic mass is 35.5. The lowest BCUT2D eigenvalue weighted by atomic mass is 10.3. The molecule has 0 spiro atoms. The molecule has 0 atom stereocenters. The first-order chi connectivity index (χ1) is 10.9. The van der Waals surface area contributed by atoms with Crippen LogP contribution in [-0.2, 0) is 21.2 Å². The van der Waals surface area contributed by atoms with Gasteiger partial charge in [-0.2, -0.15) is 0 Å². The van der Waals surface area contributed by atoms with Crippen molar-refractivity contribution >= 4 is 38.9 Å². The number of hydrogen-bond donors (Lipinski definition) is 2. The third kappa shape index (κ3) is 5.58. The summed E-state index contributed by atoms with van der Waals surface area (Å²) >= 11 is 7.26. The summed E-state index contributed by atoms with van der Waals surface area (Å²) in [7, 11) is -3.63. The Balaban J connectivity index is 1.77. The molecular weight excluding hydrogens is 358 g/mol. The van der Waals surface area contributed by atoms with Crippen LogP contribution in [0.25, 0.3) is 0 Å². The maximum absolute atomic E-state index is 12.0. The van der Waals surface area contributed by atoms with Crippen LogP contribution in [0.2, 0.25) is 5.02 Å². The minimum atomic E-state index is -3.63. The molecule has 0 saturated heterocycles. The number of nitrogens with one attached hydrogen (secondary N) is 2. The SMILES string of the molecule is Cc1nc(CC(=O)NCCNS(=O)(=O)c2cccc(Cl)c2)cs1. The number of carbonyl (C=O) groups is 1. The normalized spacial score (nSPS) is 11.4. The Morgan fingerprint density at radius 2 is 2.13 bits per heavy atom. The summed E-state index contributed by atoms with van der Waals surface area (Å²) in [5.74, 6) is -0.197. The van der Waals surface area contributed by atoms with E-state index in [4.69, 9.17) is 11.6 Å². The zero-order valence-corrected chi connectivity index (χ0v) is 14.8. The Morgan fingerprint density at radius 3 is 2.78 bits per heavy atom. The number of sulfonamides is 1. The van der Waals surface area contributed by atoms with Gasteiger partial charge in [-0.3, -0.25) is 4.79 Å². The first-order valence-corrected chi connectivity index (χ1v) is 9.54. The molecule has 0 aliphatic heterocycles. The molecule has 9 heteroatoms. The van der Waals surface area contributed by atoms with Crippen LogP contribution in [0.3, 0.4) is 0 Å². The van der Waals surface area contributed by atoms with Crippen molar-refractivity contribution in [2.45, 2.75) is 18.2 Å². The Kier molecular flexibility index (Phi) is 6.11. The minimum absolute atomic E-state index is 0.0919. The van der Waals surface area contributed by atoms with Crippen molar-refractivity contribution in [2.24, 2.45) is 0 Å². The summed E-state index contributed by atoms with van der Waals surface area (Å²) in [6.45, 7) is 2.16. The molecule has 1 aromatic carbocycles. The summed E-state index contributed by atoms with van der Waals surface area (Å²) in [5.41, 5.74) is 0.713. The van der Waals surface area contributed by atoms with Gasteiger partial charge in [-0.05, 0) is 25.1 Å². The Bertz CT molecular complexity index is 790. The lowest BCUT2D eigenvalue weighted by molar-refractivity contribution is -0.120. The van der Waals surface area contributed by atoms with Gasteiger partial charge in [0.25, 0.3) is 0 Å². The summed E-state index contributed by atoms with van der Waals surface area (Å²) in [6, 6.07) is 5.99. The molecule has 0 saturated carbocycles. The lowest BCUT2D eigenvalue weighted by Crippen LogP contribution is -2.35. The van der Waals surface area contributed by atoms with Gasteiger partial charge in [0.1, 0.15) is 0 Å². The number of hydrogen-bond acceptors (Lipinski definition) is 5. The van der Waals surface area contributed by atoms with Crippen molar-refractivity contribution in [1.29, 1.82) is 0 Å². The van der Waals surface area contributed by atoms with Crippen molar-refractivity contribution in [3.63, 3.8) is 0 Å². The van der Waals surface area contributed by atoms with Crippen LogP contribution >= 0.6 is 22.9 Å². The predicted molar refractivity (Wildman–Crippen MR) is 90.2 cm³/mol. The number of halogens is 1. The van der Waals surface area contributed by atoms with Crippen molar-refractivity contribution in [3.05, 3.63) is 45.4 Å². The average Bonchev–Trinajstić information content (AvgIpc) is 2.89. The van der Waals surface area contributed by atoms with Gasteiger partial charge in [0.15, 0.2) is 0 Å². The molecule has 2 rings (SSSR count). The van der Waals surface area contributed by atoms with Gasteiger partial charge in [0.05, 0.1) is 22.0 Å². The molecule has 1 aromatic heterocycles. The van der Waals surface area contributed by atoms with Gasteiger partial charge < -0.3 is 5.32 Å². The van der Waals surface area contributed by atoms with E-state index >= 15 is 0 Å². The monoisotopic (exact) mass is 373 g/mol. The highest BCUT2D eigenvalue weighted by molar-refractivity contribution is 7.89. The summed E-state index contributed by atoms with van der Waals surface area (Å²) in [6.07, 6.45) is 0.186. The quantitative estimate of drug-likeness (QED) is 0.723. The third-order valence-corrected chi connectivity index (χ3v) is 5.37. The summed E-state index contributed by atoms with van der Waals surface area (Å²) < 4.78 is 26.5. The third-order valence-electron chi connectivity index (χ3n) is 2.85. The van der Waals surface area contributed by atoms with Crippen LogP contribution in [0.15, 0.2) is 34.5 Å². The molecule has 1 heterocycles. The van der Waals surface area contributed by atoms with Gasteiger partial charge in [-0.15, -0.1) is 11.3 Å². The number of thiazole rings is 1. The molecule has 0 unspecified atom stereocenters. The largest absolute Gasteiger partial charge is 0.354 e. The summed E-state index contributed by atoms with van der Waals surface area (Å²) in [5, 5.41) is 5.73. The van der Waals surface area contributed by atoms with E-state index in [1.807, 2.05) is 12.3 Å². The van der Waals surface area contributed by atoms with Gasteiger partial charge in [0, 0.05) is 23.5 Å². The Labute approximate surface area is 143 Å². The standard InChI is InChI=1S/C14H16ClN3O3S2/c1-10-18-12(9-22-10)8-14(19)16-5-6-17-23(20,21)13-4-2-3-11(15)7-13/h2-4,7,9,17H,5-6,8H2,1H3,(H,16,19). The second kappa shape index (κ2) is 7.87. The number of aromatic nitrogens is 1. The molecule has 0 aliphatic carbocycles. The molecule has 2 N–H and O–H groups in total. The molecule has 23 heavy (non-hydrogen) atoms. The fraction of sp³-hybridized carbons (Fsp3) is 0.286. The molecule has 2 aromatic rings. The van der Waals surface area contributed by atoms with Crippen LogP contribution in [0.5, 0.6) is 0 Å². The Morgan fingerprint density at radius 1 is 1.35 bits per heavy atom. The molecule has 0 bridgehead atoms. The molecule has 124 valence electrons. The first kappa shape index (κ1) is 17.9. The lowest BCUT2D eigenvalue weighted by Gasteiger charge is -2.08. The number of amides is 1. The van der Waals surface area contributed by atoms with E-state index in [0.717, 1.165) is 5.01 Å². The summed E-state index contributed by atoms with van der Waals surface area (Å²) in [4.78, 5) is 16.0. The molecule has 0 radical (unpaired) electrons. The van der Waals surface area contributed by atoms with E-state index in [1.54, 1.807) is 12.1 Å². The number of carbonyl (C=O) groups excluding carboxylic acids is 1. The van der Waals surface area contributed by atoms with Crippen LogP contribution in [0.1, 0.15) is 10.7 Å². The van der Waals surface area contributed by atoms with Gasteiger partial charge >= 0.3 is 0 Å². The number of rotatable bonds is 7. The molecule has 0 aliphatic rings. The maximum Gasteiger partial charge on any atom is 0.240 e. The van der Waals surface area contributed by atoms with Gasteiger partial charge in [-0.25, -0.2) is 18.1 Å². The van der Waals surface area contributed by atoms with Crippen LogP contribution < -0.4 is 10.0 Å². The zero-order chi connectivity index (χ0) is 16.9. The minimum Gasteiger partial charge on any atom is -0.354 e. The van der Waals surface area contributed by atoms with Crippen molar-refractivity contribution in [1.82, 2.24) is 15.0 Å². The number of benzene rings is 1. The predicted octanol–water partition coefficient (Wildman–Crippen LogP) is 1.74. The molecule has 1 amide bonds. The van der Waals surface area contributed by atoms with Crippen molar-refractivity contribution < 1.29 is 13.2 Å². The highest BCUT2D eigenvalue weighted by Crippen LogP contribution is 2.14. The molecule has 6 nitrogen and oxygen atoms in total. The second-order valence-electron chi connectivity index (χ2n) is 4.74. The van der Waals surface area contributed by atoms with E-state index < -0.39 is 10.0 Å². The van der Waals surface area contributed by atoms with Gasteiger partial charge in [-0.1, -0.05) is 17.7 Å². The van der Waals surface area contributed by atoms with Crippen LogP contribution in [0, 0.1) is 6.92 Å². The van der Waals surface area contributed by atoms with E-state index in [2.05, 4.69) is 15.0 Å². The molecule has 0 fully saturated rings. The number of nitrogens with zero attached hydrogens (tertiary/aromatic N) is 1. The average molecular weight is 374 g/mol. The number of aryl methyl sites for hydroxylation is 1. The van der Waals surface area contributed by atoms with Crippen LogP contribution in [-0.4, -0.2) is 32.4 Å². The zero-order valence-electron chi connectivity index (χ0n) is 12.4. The van der Waals surface area contributed by atoms with E-state index in [1.165, 1.54) is 23.5 Å². The van der Waals surface area contributed by atoms with E-state index in [9.17, 15) is 13.2 Å². The smallest absolute Gasteiger partial charge is 0.240 e. The topological polar surface area (TPSA) is 88.2 Å². The van der Waals surface area contributed by atoms with Crippen LogP contribution in [0.4, 0.5) is 0 Å². The van der Waals surface area contributed by atoms with Crippen molar-refractivity contribution in [2.75, 3.05) is 13.1 Å². The highest BCUT2D eigenvalue weighted by Gasteiger charge is 2.13. The fourth-order valence-electron chi connectivity index (χ4n) is 1.82. The Hall–Kier alpha value is -1.48.